The predicted molar refractivity (Wildman–Crippen MR) is 94.2 cm³/mol. The first kappa shape index (κ1) is 16.6. The fourth-order valence-electron chi connectivity index (χ4n) is 2.55. The minimum absolute atomic E-state index is 0.0420. The molecule has 0 aliphatic carbocycles. The Balaban J connectivity index is 2.14. The van der Waals surface area contributed by atoms with Crippen LogP contribution in [0.4, 0.5) is 0 Å². The van der Waals surface area contributed by atoms with Crippen LogP contribution in [0.3, 0.4) is 0 Å². The molecule has 0 saturated carbocycles. The van der Waals surface area contributed by atoms with E-state index in [1.54, 1.807) is 6.07 Å². The lowest BCUT2D eigenvalue weighted by Gasteiger charge is -2.10. The van der Waals surface area contributed by atoms with Crippen molar-refractivity contribution in [1.82, 2.24) is 19.7 Å². The summed E-state index contributed by atoms with van der Waals surface area (Å²) in [6.45, 7) is 2.64. The van der Waals surface area contributed by atoms with E-state index in [9.17, 15) is 9.59 Å². The second-order valence-corrected chi connectivity index (χ2v) is 5.65. The van der Waals surface area contributed by atoms with Crippen LogP contribution in [0.5, 0.6) is 0 Å². The summed E-state index contributed by atoms with van der Waals surface area (Å²) in [4.78, 5) is 32.7. The molecule has 0 atom stereocenters. The Hall–Kier alpha value is -3.22. The van der Waals surface area contributed by atoms with Gasteiger partial charge in [-0.25, -0.2) is 9.97 Å². The summed E-state index contributed by atoms with van der Waals surface area (Å²) >= 11 is 0. The van der Waals surface area contributed by atoms with Crippen LogP contribution < -0.4 is 11.1 Å². The highest BCUT2D eigenvalue weighted by Crippen LogP contribution is 2.21. The number of hydrogen-bond acceptors (Lipinski definition) is 4. The number of fused-ring (bicyclic) bond motifs is 1. The van der Waals surface area contributed by atoms with Crippen molar-refractivity contribution >= 4 is 17.5 Å². The SMILES string of the molecule is CCCCNC(=O)c1cc(-c2ccccc2)nc2c(C(N)=O)ncn12. The number of aromatic nitrogens is 3. The lowest BCUT2D eigenvalue weighted by Crippen LogP contribution is -2.26. The van der Waals surface area contributed by atoms with Crippen LogP contribution in [0.15, 0.2) is 42.7 Å². The maximum atomic E-state index is 12.6. The molecule has 3 aromatic rings. The third kappa shape index (κ3) is 3.35. The molecule has 3 N–H and O–H groups in total. The van der Waals surface area contributed by atoms with Gasteiger partial charge in [-0.1, -0.05) is 43.7 Å². The van der Waals surface area contributed by atoms with E-state index in [1.165, 1.54) is 10.7 Å². The standard InChI is InChI=1S/C18H19N5O2/c1-2-3-9-20-18(25)14-10-13(12-7-5-4-6-8-12)22-17-15(16(19)24)21-11-23(14)17/h4-8,10-11H,2-3,9H2,1H3,(H2,19,24)(H,20,25). The van der Waals surface area contributed by atoms with Crippen molar-refractivity contribution in [2.75, 3.05) is 6.54 Å². The van der Waals surface area contributed by atoms with Crippen LogP contribution in [0, 0.1) is 0 Å². The first-order valence-corrected chi connectivity index (χ1v) is 8.13. The molecule has 0 fully saturated rings. The Morgan fingerprint density at radius 2 is 2.00 bits per heavy atom. The van der Waals surface area contributed by atoms with E-state index in [-0.39, 0.29) is 17.2 Å². The van der Waals surface area contributed by atoms with Gasteiger partial charge in [-0.15, -0.1) is 0 Å². The zero-order valence-corrected chi connectivity index (χ0v) is 13.9. The van der Waals surface area contributed by atoms with E-state index in [0.717, 1.165) is 18.4 Å². The maximum Gasteiger partial charge on any atom is 0.271 e. The number of unbranched alkanes of at least 4 members (excludes halogenated alkanes) is 1. The molecular formula is C18H19N5O2. The molecule has 0 bridgehead atoms. The normalized spacial score (nSPS) is 10.8. The number of imidazole rings is 1. The van der Waals surface area contributed by atoms with Crippen molar-refractivity contribution in [3.8, 4) is 11.3 Å². The van der Waals surface area contributed by atoms with Crippen molar-refractivity contribution in [3.05, 3.63) is 54.1 Å². The maximum absolute atomic E-state index is 12.6. The molecule has 0 unspecified atom stereocenters. The van der Waals surface area contributed by atoms with Crippen molar-refractivity contribution in [3.63, 3.8) is 0 Å². The molecule has 7 heteroatoms. The Morgan fingerprint density at radius 3 is 2.68 bits per heavy atom. The quantitative estimate of drug-likeness (QED) is 0.672. The van der Waals surface area contributed by atoms with E-state index in [0.29, 0.717) is 17.9 Å². The van der Waals surface area contributed by atoms with Gasteiger partial charge in [-0.2, -0.15) is 0 Å². The molecule has 2 heterocycles. The highest BCUT2D eigenvalue weighted by molar-refractivity contribution is 5.99. The lowest BCUT2D eigenvalue weighted by atomic mass is 10.1. The van der Waals surface area contributed by atoms with Crippen LogP contribution in [-0.2, 0) is 0 Å². The molecule has 128 valence electrons. The largest absolute Gasteiger partial charge is 0.364 e. The zero-order valence-electron chi connectivity index (χ0n) is 13.9. The number of nitrogens with two attached hydrogens (primary N) is 1. The Bertz CT molecular complexity index is 918. The topological polar surface area (TPSA) is 102 Å². The summed E-state index contributed by atoms with van der Waals surface area (Å²) in [7, 11) is 0. The number of benzene rings is 1. The molecular weight excluding hydrogens is 318 g/mol. The van der Waals surface area contributed by atoms with Crippen LogP contribution in [0.1, 0.15) is 40.7 Å². The number of hydrogen-bond donors (Lipinski definition) is 2. The average Bonchev–Trinajstić information content (AvgIpc) is 3.06. The predicted octanol–water partition coefficient (Wildman–Crippen LogP) is 2.03. The first-order chi connectivity index (χ1) is 12.1. The molecule has 2 aromatic heterocycles. The zero-order chi connectivity index (χ0) is 17.8. The summed E-state index contributed by atoms with van der Waals surface area (Å²) in [5.41, 5.74) is 7.48. The van der Waals surface area contributed by atoms with Crippen LogP contribution in [0.2, 0.25) is 0 Å². The van der Waals surface area contributed by atoms with Crippen molar-refractivity contribution in [2.24, 2.45) is 5.73 Å². The number of amides is 2. The Morgan fingerprint density at radius 1 is 1.24 bits per heavy atom. The number of nitrogens with one attached hydrogen (secondary N) is 1. The lowest BCUT2D eigenvalue weighted by molar-refractivity contribution is 0.0945. The van der Waals surface area contributed by atoms with Gasteiger partial charge in [-0.3, -0.25) is 14.0 Å². The van der Waals surface area contributed by atoms with E-state index in [2.05, 4.69) is 22.2 Å². The molecule has 0 spiro atoms. The third-order valence-corrected chi connectivity index (χ3v) is 3.85. The molecule has 0 aliphatic heterocycles. The summed E-state index contributed by atoms with van der Waals surface area (Å²) in [5, 5.41) is 2.88. The Labute approximate surface area is 144 Å². The van der Waals surface area contributed by atoms with Crippen LogP contribution >= 0.6 is 0 Å². The van der Waals surface area contributed by atoms with Gasteiger partial charge in [0.2, 0.25) is 0 Å². The number of carbonyl (C=O) groups is 2. The van der Waals surface area contributed by atoms with Gasteiger partial charge in [-0.05, 0) is 12.5 Å². The van der Waals surface area contributed by atoms with Gasteiger partial charge < -0.3 is 11.1 Å². The van der Waals surface area contributed by atoms with E-state index < -0.39 is 5.91 Å². The first-order valence-electron chi connectivity index (χ1n) is 8.13. The van der Waals surface area contributed by atoms with Gasteiger partial charge in [0.1, 0.15) is 12.0 Å². The van der Waals surface area contributed by atoms with Crippen molar-refractivity contribution < 1.29 is 9.59 Å². The molecule has 1 aromatic carbocycles. The highest BCUT2D eigenvalue weighted by atomic mass is 16.2. The minimum atomic E-state index is -0.683. The van der Waals surface area contributed by atoms with Crippen molar-refractivity contribution in [2.45, 2.75) is 19.8 Å². The van der Waals surface area contributed by atoms with E-state index >= 15 is 0 Å². The average molecular weight is 337 g/mol. The van der Waals surface area contributed by atoms with Crippen LogP contribution in [-0.4, -0.2) is 32.7 Å². The fourth-order valence-corrected chi connectivity index (χ4v) is 2.55. The van der Waals surface area contributed by atoms with Gasteiger partial charge in [0.05, 0.1) is 5.69 Å². The number of rotatable bonds is 6. The van der Waals surface area contributed by atoms with E-state index in [4.69, 9.17) is 5.73 Å². The molecule has 0 saturated heterocycles. The van der Waals surface area contributed by atoms with Gasteiger partial charge >= 0.3 is 0 Å². The third-order valence-electron chi connectivity index (χ3n) is 3.85. The van der Waals surface area contributed by atoms with Crippen LogP contribution in [0.25, 0.3) is 16.9 Å². The van der Waals surface area contributed by atoms with Gasteiger partial charge in [0, 0.05) is 12.1 Å². The summed E-state index contributed by atoms with van der Waals surface area (Å²) < 4.78 is 1.49. The van der Waals surface area contributed by atoms with E-state index in [1.807, 2.05) is 30.3 Å². The van der Waals surface area contributed by atoms with Crippen molar-refractivity contribution in [1.29, 1.82) is 0 Å². The molecule has 0 radical (unpaired) electrons. The summed E-state index contributed by atoms with van der Waals surface area (Å²) in [6.07, 6.45) is 3.27. The number of carbonyl (C=O) groups excluding carboxylic acids is 2. The summed E-state index contributed by atoms with van der Waals surface area (Å²) in [6, 6.07) is 11.1. The molecule has 3 rings (SSSR count). The number of primary amides is 1. The van der Waals surface area contributed by atoms with Gasteiger partial charge in [0.15, 0.2) is 11.3 Å². The number of nitrogens with zero attached hydrogens (tertiary/aromatic N) is 3. The molecule has 7 nitrogen and oxygen atoms in total. The molecule has 0 aliphatic rings. The second-order valence-electron chi connectivity index (χ2n) is 5.65. The smallest absolute Gasteiger partial charge is 0.271 e. The fraction of sp³-hybridized carbons (Fsp3) is 0.222. The second kappa shape index (κ2) is 7.12. The highest BCUT2D eigenvalue weighted by Gasteiger charge is 2.19. The van der Waals surface area contributed by atoms with Gasteiger partial charge in [0.25, 0.3) is 11.8 Å². The molecule has 25 heavy (non-hydrogen) atoms. The Kier molecular flexibility index (Phi) is 4.74. The molecule has 2 amide bonds. The minimum Gasteiger partial charge on any atom is -0.364 e. The monoisotopic (exact) mass is 337 g/mol. The summed E-state index contributed by atoms with van der Waals surface area (Å²) in [5.74, 6) is -0.927.